The molecule has 1 aliphatic carbocycles. The molecule has 1 radical (unpaired) electrons. The molecule has 5 nitrogen and oxygen atoms in total. The van der Waals surface area contributed by atoms with Crippen LogP contribution < -0.4 is 4.74 Å². The first-order valence-corrected chi connectivity index (χ1v) is 11.3. The third-order valence-corrected chi connectivity index (χ3v) is 7.30. The molecule has 0 fully saturated rings. The van der Waals surface area contributed by atoms with Gasteiger partial charge in [0.1, 0.15) is 16.0 Å². The van der Waals surface area contributed by atoms with E-state index in [4.69, 9.17) is 4.74 Å². The van der Waals surface area contributed by atoms with Crippen molar-refractivity contribution in [2.24, 2.45) is 0 Å². The molecular weight excluding hydrogens is 640 g/mol. The molecule has 9 heteroatoms. The van der Waals surface area contributed by atoms with Gasteiger partial charge in [-0.2, -0.15) is 0 Å². The standard InChI is InChI=1S/C20H9Br4O5/c21-11-5-9-13(7-3-1-2-4-8(7)20(27)28)10-6-12(22)17(26)15(24)19(10)29-18(9)14(23)16(11)25/h1-6,16,26H,(H,27,28). The molecular formula is C20H9Br4O5. The van der Waals surface area contributed by atoms with Crippen molar-refractivity contribution in [2.75, 3.05) is 0 Å². The van der Waals surface area contributed by atoms with Gasteiger partial charge < -0.3 is 14.9 Å². The summed E-state index contributed by atoms with van der Waals surface area (Å²) in [5, 5.41) is 32.6. The number of carboxylic acids is 1. The summed E-state index contributed by atoms with van der Waals surface area (Å²) in [5.74, 6) is -0.585. The summed E-state index contributed by atoms with van der Waals surface area (Å²) >= 11 is 13.3. The molecule has 0 bridgehead atoms. The van der Waals surface area contributed by atoms with Crippen LogP contribution in [0.4, 0.5) is 0 Å². The number of rotatable bonds is 2. The van der Waals surface area contributed by atoms with Crippen molar-refractivity contribution < 1.29 is 24.9 Å². The number of carbonyl (C=O) groups is 1. The fraction of sp³-hybridized carbons (Fsp3) is 0.0500. The van der Waals surface area contributed by atoms with Crippen molar-refractivity contribution in [1.82, 2.24) is 0 Å². The quantitative estimate of drug-likeness (QED) is 0.389. The largest absolute Gasteiger partial charge is 0.505 e. The van der Waals surface area contributed by atoms with Crippen LogP contribution in [0.5, 0.6) is 11.5 Å². The van der Waals surface area contributed by atoms with Crippen molar-refractivity contribution in [3.8, 4) is 11.5 Å². The summed E-state index contributed by atoms with van der Waals surface area (Å²) in [7, 11) is 0. The number of ether oxygens (including phenoxy) is 1. The highest BCUT2D eigenvalue weighted by atomic mass is 79.9. The van der Waals surface area contributed by atoms with Crippen molar-refractivity contribution in [2.45, 2.75) is 6.10 Å². The van der Waals surface area contributed by atoms with E-state index >= 15 is 0 Å². The van der Waals surface area contributed by atoms with E-state index in [1.54, 1.807) is 30.3 Å². The summed E-state index contributed by atoms with van der Waals surface area (Å²) in [5.41, 5.74) is 2.26. The van der Waals surface area contributed by atoms with Crippen LogP contribution in [0.15, 0.2) is 65.7 Å². The molecule has 4 rings (SSSR count). The average molecular weight is 649 g/mol. The van der Waals surface area contributed by atoms with E-state index in [0.717, 1.165) is 0 Å². The van der Waals surface area contributed by atoms with Gasteiger partial charge in [0, 0.05) is 21.2 Å². The van der Waals surface area contributed by atoms with Gasteiger partial charge in [0.15, 0.2) is 11.9 Å². The maximum Gasteiger partial charge on any atom is 0.336 e. The number of hydrogen-bond acceptors (Lipinski definition) is 3. The molecule has 0 saturated carbocycles. The Bertz CT molecular complexity index is 1180. The normalized spacial score (nSPS) is 18.1. The Kier molecular flexibility index (Phi) is 5.54. The zero-order valence-corrected chi connectivity index (χ0v) is 20.5. The minimum absolute atomic E-state index is 0.0685. The first kappa shape index (κ1) is 20.9. The fourth-order valence-corrected chi connectivity index (χ4v) is 5.75. The maximum atomic E-state index is 12.5. The molecule has 0 amide bonds. The summed E-state index contributed by atoms with van der Waals surface area (Å²) in [6.07, 6.45) is 0.428. The lowest BCUT2D eigenvalue weighted by atomic mass is 9.85. The molecule has 1 aliphatic heterocycles. The highest BCUT2D eigenvalue weighted by Gasteiger charge is 2.36. The summed E-state index contributed by atoms with van der Waals surface area (Å²) in [6, 6.07) is 8.26. The number of phenols is 1. The highest BCUT2D eigenvalue weighted by molar-refractivity contribution is 9.12. The number of allylic oxidation sites excluding steroid dienone is 1. The highest BCUT2D eigenvalue weighted by Crippen LogP contribution is 2.53. The average Bonchev–Trinajstić information content (AvgIpc) is 2.69. The molecule has 147 valence electrons. The van der Waals surface area contributed by atoms with Crippen LogP contribution in [0, 0.1) is 0 Å². The topological polar surface area (TPSA) is 86.7 Å². The molecule has 2 N–H and O–H groups in total. The number of aromatic hydroxyl groups is 1. The Morgan fingerprint density at radius 1 is 1.07 bits per heavy atom. The molecule has 29 heavy (non-hydrogen) atoms. The minimum atomic E-state index is -1.21. The zero-order chi connectivity index (χ0) is 21.0. The molecule has 2 aromatic carbocycles. The number of aromatic carboxylic acids is 1. The number of fused-ring (bicyclic) bond motifs is 2. The van der Waals surface area contributed by atoms with Crippen LogP contribution in [0.3, 0.4) is 0 Å². The van der Waals surface area contributed by atoms with E-state index in [-0.39, 0.29) is 31.8 Å². The predicted octanol–water partition coefficient (Wildman–Crippen LogP) is 6.51. The number of benzene rings is 2. The van der Waals surface area contributed by atoms with Crippen LogP contribution in [-0.2, 0) is 5.11 Å². The SMILES string of the molecule is [O]C1C(Br)=CC2=C(c3ccccc3C(=O)O)c3cc(Br)c(O)c(Br)c3OC2=C1Br. The second-order valence-electron chi connectivity index (χ2n) is 6.23. The summed E-state index contributed by atoms with van der Waals surface area (Å²) in [6.45, 7) is 0. The predicted molar refractivity (Wildman–Crippen MR) is 121 cm³/mol. The maximum absolute atomic E-state index is 12.5. The lowest BCUT2D eigenvalue weighted by Crippen LogP contribution is -2.20. The van der Waals surface area contributed by atoms with Gasteiger partial charge >= 0.3 is 5.97 Å². The molecule has 0 saturated heterocycles. The first-order valence-electron chi connectivity index (χ1n) is 8.11. The van der Waals surface area contributed by atoms with Crippen molar-refractivity contribution in [3.63, 3.8) is 0 Å². The van der Waals surface area contributed by atoms with Gasteiger partial charge in [-0.1, -0.05) is 34.1 Å². The fourth-order valence-electron chi connectivity index (χ4n) is 3.24. The van der Waals surface area contributed by atoms with E-state index in [2.05, 4.69) is 63.7 Å². The van der Waals surface area contributed by atoms with Crippen LogP contribution in [0.1, 0.15) is 21.5 Å². The minimum Gasteiger partial charge on any atom is -0.505 e. The van der Waals surface area contributed by atoms with Gasteiger partial charge in [0.25, 0.3) is 0 Å². The monoisotopic (exact) mass is 645 g/mol. The summed E-state index contributed by atoms with van der Waals surface area (Å²) in [4.78, 5) is 11.9. The number of hydrogen-bond donors (Lipinski definition) is 2. The smallest absolute Gasteiger partial charge is 0.336 e. The summed E-state index contributed by atoms with van der Waals surface area (Å²) < 4.78 is 7.37. The second-order valence-corrected chi connectivity index (χ2v) is 9.64. The molecule has 1 atom stereocenters. The van der Waals surface area contributed by atoms with Crippen LogP contribution >= 0.6 is 63.7 Å². The zero-order valence-electron chi connectivity index (χ0n) is 14.2. The van der Waals surface area contributed by atoms with E-state index < -0.39 is 12.1 Å². The van der Waals surface area contributed by atoms with Gasteiger partial charge in [-0.25, -0.2) is 9.90 Å². The number of phenolic OH excluding ortho intramolecular Hbond substituents is 1. The lowest BCUT2D eigenvalue weighted by molar-refractivity contribution is 0.0696. The van der Waals surface area contributed by atoms with Crippen LogP contribution in [0.2, 0.25) is 0 Å². The molecule has 1 unspecified atom stereocenters. The Morgan fingerprint density at radius 3 is 2.45 bits per heavy atom. The van der Waals surface area contributed by atoms with E-state index in [1.807, 2.05) is 0 Å². The second kappa shape index (κ2) is 7.70. The molecule has 2 aromatic rings. The Hall–Kier alpha value is -1.39. The van der Waals surface area contributed by atoms with Crippen LogP contribution in [-0.4, -0.2) is 22.3 Å². The molecule has 0 aromatic heterocycles. The number of halogens is 4. The third-order valence-electron chi connectivity index (χ3n) is 4.54. The van der Waals surface area contributed by atoms with Crippen LogP contribution in [0.25, 0.3) is 5.57 Å². The van der Waals surface area contributed by atoms with E-state index in [9.17, 15) is 20.1 Å². The van der Waals surface area contributed by atoms with E-state index in [0.29, 0.717) is 31.2 Å². The Morgan fingerprint density at radius 2 is 1.76 bits per heavy atom. The first-order chi connectivity index (χ1) is 13.7. The van der Waals surface area contributed by atoms with Gasteiger partial charge in [-0.15, -0.1) is 0 Å². The molecule has 1 heterocycles. The van der Waals surface area contributed by atoms with Gasteiger partial charge in [0.2, 0.25) is 0 Å². The van der Waals surface area contributed by atoms with Gasteiger partial charge in [-0.05, 0) is 71.6 Å². The van der Waals surface area contributed by atoms with Crippen molar-refractivity contribution in [3.05, 3.63) is 82.3 Å². The van der Waals surface area contributed by atoms with Gasteiger partial charge in [-0.3, -0.25) is 0 Å². The lowest BCUT2D eigenvalue weighted by Gasteiger charge is -2.31. The molecule has 2 aliphatic rings. The Labute approximate surface area is 198 Å². The van der Waals surface area contributed by atoms with Crippen molar-refractivity contribution in [1.29, 1.82) is 0 Å². The molecule has 0 spiro atoms. The van der Waals surface area contributed by atoms with Gasteiger partial charge in [0.05, 0.1) is 14.5 Å². The van der Waals surface area contributed by atoms with Crippen molar-refractivity contribution >= 4 is 75.3 Å². The number of carboxylic acid groups (broad SMARTS) is 1. The Balaban J connectivity index is 2.18. The van der Waals surface area contributed by atoms with E-state index in [1.165, 1.54) is 6.07 Å². The third kappa shape index (κ3) is 3.33.